The largest absolute Gasteiger partial charge is 0.394 e. The molecule has 7 atom stereocenters. The number of nitrogens with one attached hydrogen (secondary N) is 8. The molecule has 2 aliphatic rings. The van der Waals surface area contributed by atoms with Crippen LogP contribution in [0.15, 0.2) is 41.8 Å². The molecule has 1 aromatic carbocycles. The van der Waals surface area contributed by atoms with Gasteiger partial charge in [0.15, 0.2) is 5.96 Å². The van der Waals surface area contributed by atoms with Gasteiger partial charge < -0.3 is 58.7 Å². The number of thioether (sulfide) groups is 1. The minimum Gasteiger partial charge on any atom is -0.394 e. The molecule has 67 heavy (non-hydrogen) atoms. The summed E-state index contributed by atoms with van der Waals surface area (Å²) in [4.78, 5) is 113. The Kier molecular flexibility index (Phi) is 21.8. The third-order valence-electron chi connectivity index (χ3n) is 11.5. The molecule has 2 aliphatic heterocycles. The molecule has 2 saturated heterocycles. The van der Waals surface area contributed by atoms with E-state index in [0.717, 1.165) is 22.4 Å². The topological polar surface area (TPSA) is 320 Å². The zero-order valence-corrected chi connectivity index (χ0v) is 40.0. The van der Waals surface area contributed by atoms with Crippen molar-refractivity contribution in [3.8, 4) is 0 Å². The molecule has 0 aliphatic carbocycles. The molecule has 4 rings (SSSR count). The van der Waals surface area contributed by atoms with Gasteiger partial charge >= 0.3 is 0 Å². The molecular weight excluding hydrogens is 903 g/mol. The van der Waals surface area contributed by atoms with Gasteiger partial charge in [-0.15, -0.1) is 11.3 Å². The molecule has 0 radical (unpaired) electrons. The number of aliphatic hydroxyl groups is 1. The molecule has 0 spiro atoms. The van der Waals surface area contributed by atoms with Crippen molar-refractivity contribution in [2.75, 3.05) is 31.2 Å². The zero-order chi connectivity index (χ0) is 49.0. The molecule has 3 heterocycles. The van der Waals surface area contributed by atoms with E-state index in [1.54, 1.807) is 26.0 Å². The van der Waals surface area contributed by atoms with Crippen molar-refractivity contribution >= 4 is 76.3 Å². The number of hydrogen-bond donors (Lipinski definition) is 11. The number of likely N-dealkylation sites (tertiary alicyclic amines) is 1. The SMILES string of the molecule is CCc1ccc(C[C@@H]2NC(=O)CCCSC[C@@H](C(=O)N3CCC[C@H]3C(=O)N[C@H](CO)CCCNC(=N)N)NC(=O)[C@H](CC(N)=O)NC(=O)[C@H](C(C)C)NC(=O)[C@H](Cc3cccs3)NC2=O)cc1. The molecule has 0 saturated carbocycles. The van der Waals surface area contributed by atoms with Gasteiger partial charge in [0, 0.05) is 43.0 Å². The fourth-order valence-corrected chi connectivity index (χ4v) is 9.49. The average molecular weight is 970 g/mol. The minimum absolute atomic E-state index is 0.00360. The predicted molar refractivity (Wildman–Crippen MR) is 255 cm³/mol. The van der Waals surface area contributed by atoms with Crippen LogP contribution in [-0.4, -0.2) is 137 Å². The fraction of sp³-hybridized carbons (Fsp3) is 0.578. The van der Waals surface area contributed by atoms with Crippen LogP contribution in [0.4, 0.5) is 0 Å². The highest BCUT2D eigenvalue weighted by Gasteiger charge is 2.40. The number of amides is 8. The summed E-state index contributed by atoms with van der Waals surface area (Å²) in [7, 11) is 0. The molecule has 368 valence electrons. The van der Waals surface area contributed by atoms with Crippen LogP contribution in [0.25, 0.3) is 0 Å². The Bertz CT molecular complexity index is 2020. The summed E-state index contributed by atoms with van der Waals surface area (Å²) in [6.45, 7) is 5.52. The summed E-state index contributed by atoms with van der Waals surface area (Å²) in [5.41, 5.74) is 12.8. The Morgan fingerprint density at radius 3 is 2.19 bits per heavy atom. The number of primary amides is 1. The van der Waals surface area contributed by atoms with E-state index in [1.165, 1.54) is 28.0 Å². The first kappa shape index (κ1) is 53.9. The van der Waals surface area contributed by atoms with E-state index in [0.29, 0.717) is 44.4 Å². The van der Waals surface area contributed by atoms with Gasteiger partial charge in [-0.25, -0.2) is 0 Å². The normalized spacial score (nSPS) is 23.2. The van der Waals surface area contributed by atoms with Crippen LogP contribution >= 0.6 is 23.1 Å². The minimum atomic E-state index is -1.58. The average Bonchev–Trinajstić information content (AvgIpc) is 4.00. The van der Waals surface area contributed by atoms with Gasteiger partial charge in [-0.2, -0.15) is 11.8 Å². The zero-order valence-electron chi connectivity index (χ0n) is 38.4. The molecule has 1 aromatic heterocycles. The van der Waals surface area contributed by atoms with Crippen molar-refractivity contribution < 1.29 is 43.5 Å². The summed E-state index contributed by atoms with van der Waals surface area (Å²) in [5, 5.41) is 38.3. The second kappa shape index (κ2) is 27.2. The highest BCUT2D eigenvalue weighted by molar-refractivity contribution is 7.99. The first-order valence-electron chi connectivity index (χ1n) is 22.8. The lowest BCUT2D eigenvalue weighted by molar-refractivity contribution is -0.142. The van der Waals surface area contributed by atoms with Gasteiger partial charge in [-0.3, -0.25) is 43.8 Å². The number of thiophene rings is 1. The molecule has 0 bridgehead atoms. The van der Waals surface area contributed by atoms with E-state index in [4.69, 9.17) is 16.9 Å². The monoisotopic (exact) mass is 969 g/mol. The van der Waals surface area contributed by atoms with Gasteiger partial charge in [-0.05, 0) is 72.8 Å². The molecule has 20 nitrogen and oxygen atoms in total. The van der Waals surface area contributed by atoms with Crippen LogP contribution in [0.2, 0.25) is 0 Å². The number of hydrogen-bond acceptors (Lipinski definition) is 12. The van der Waals surface area contributed by atoms with Crippen molar-refractivity contribution in [1.29, 1.82) is 5.41 Å². The van der Waals surface area contributed by atoms with Gasteiger partial charge in [0.25, 0.3) is 0 Å². The fourth-order valence-electron chi connectivity index (χ4n) is 7.76. The van der Waals surface area contributed by atoms with E-state index in [9.17, 15) is 43.5 Å². The Morgan fingerprint density at radius 2 is 1.55 bits per heavy atom. The van der Waals surface area contributed by atoms with Gasteiger partial charge in [0.2, 0.25) is 47.3 Å². The van der Waals surface area contributed by atoms with Crippen molar-refractivity contribution in [3.05, 3.63) is 57.8 Å². The summed E-state index contributed by atoms with van der Waals surface area (Å²) >= 11 is 2.63. The number of aliphatic hydroxyl groups excluding tert-OH is 1. The molecule has 0 unspecified atom stereocenters. The third kappa shape index (κ3) is 17.5. The molecule has 2 aromatic rings. The summed E-state index contributed by atoms with van der Waals surface area (Å²) in [6, 6.07) is 3.30. The van der Waals surface area contributed by atoms with Crippen LogP contribution in [-0.2, 0) is 57.6 Å². The number of nitrogens with zero attached hydrogens (tertiary/aromatic N) is 1. The molecule has 22 heteroatoms. The molecule has 2 fully saturated rings. The summed E-state index contributed by atoms with van der Waals surface area (Å²) in [6.07, 6.45) is 2.29. The predicted octanol–water partition coefficient (Wildman–Crippen LogP) is -0.691. The van der Waals surface area contributed by atoms with Crippen molar-refractivity contribution in [3.63, 3.8) is 0 Å². The maximum atomic E-state index is 14.4. The number of carbonyl (C=O) groups excluding carboxylic acids is 8. The molecular formula is C45H67N11O9S2. The number of aryl methyl sites for hydroxylation is 1. The number of rotatable bonds is 16. The van der Waals surface area contributed by atoms with E-state index < -0.39 is 102 Å². The maximum absolute atomic E-state index is 14.4. The maximum Gasteiger partial charge on any atom is 0.246 e. The Hall–Kier alpha value is -5.74. The van der Waals surface area contributed by atoms with E-state index in [1.807, 2.05) is 36.6 Å². The first-order chi connectivity index (χ1) is 32.0. The van der Waals surface area contributed by atoms with Crippen molar-refractivity contribution in [1.82, 2.24) is 42.1 Å². The summed E-state index contributed by atoms with van der Waals surface area (Å²) in [5.74, 6) is -5.96. The van der Waals surface area contributed by atoms with Gasteiger partial charge in [0.1, 0.15) is 36.3 Å². The Morgan fingerprint density at radius 1 is 0.881 bits per heavy atom. The van der Waals surface area contributed by atoms with Crippen LogP contribution in [0, 0.1) is 11.3 Å². The van der Waals surface area contributed by atoms with Gasteiger partial charge in [-0.1, -0.05) is 51.1 Å². The smallest absolute Gasteiger partial charge is 0.246 e. The first-order valence-corrected chi connectivity index (χ1v) is 24.8. The third-order valence-corrected chi connectivity index (χ3v) is 13.5. The van der Waals surface area contributed by atoms with Crippen LogP contribution in [0.5, 0.6) is 0 Å². The molecule has 8 amide bonds. The van der Waals surface area contributed by atoms with Crippen LogP contribution < -0.4 is 48.7 Å². The second-order valence-corrected chi connectivity index (χ2v) is 19.3. The van der Waals surface area contributed by atoms with Crippen LogP contribution in [0.3, 0.4) is 0 Å². The number of nitrogens with two attached hydrogens (primary N) is 2. The van der Waals surface area contributed by atoms with Crippen molar-refractivity contribution in [2.45, 2.75) is 127 Å². The quantitative estimate of drug-likeness (QED) is 0.0566. The Labute approximate surface area is 399 Å². The highest BCUT2D eigenvalue weighted by atomic mass is 32.2. The lowest BCUT2D eigenvalue weighted by Gasteiger charge is -2.31. The van der Waals surface area contributed by atoms with E-state index in [-0.39, 0.29) is 44.1 Å². The number of benzene rings is 1. The van der Waals surface area contributed by atoms with Crippen LogP contribution in [0.1, 0.15) is 81.7 Å². The van der Waals surface area contributed by atoms with E-state index >= 15 is 0 Å². The Balaban J connectivity index is 1.63. The summed E-state index contributed by atoms with van der Waals surface area (Å²) < 4.78 is 0. The lowest BCUT2D eigenvalue weighted by atomic mass is 10.0. The number of carbonyl (C=O) groups is 8. The standard InChI is InChI=1S/C45H67N11O9S2/c1-4-27-13-15-28(16-14-27)21-31-39(60)52-32(22-30-10-7-20-67-30)41(62)55-38(26(2)3)43(64)53-33(23-36(46)58)40(61)54-34(25-66-19-8-12-37(59)51-31)44(65)56-18-6-11-35(56)42(63)50-29(24-57)9-5-17-49-45(47)48/h7,10,13-16,20,26,29,31-35,38,57H,4-6,8-9,11-12,17-19,21-25H2,1-3H3,(H2,46,58)(H,50,63)(H,51,59)(H,52,60)(H,53,64)(H,54,61)(H,55,62)(H4,47,48,49)/t29-,31-,32-,33-,34-,35-,38-/m0/s1. The second-order valence-electron chi connectivity index (χ2n) is 17.1. The lowest BCUT2D eigenvalue weighted by Crippen LogP contribution is -2.61. The van der Waals surface area contributed by atoms with Gasteiger partial charge in [0.05, 0.1) is 19.1 Å². The molecule has 13 N–H and O–H groups in total. The van der Waals surface area contributed by atoms with E-state index in [2.05, 4.69) is 37.2 Å². The number of guanidine groups is 1. The highest BCUT2D eigenvalue weighted by Crippen LogP contribution is 2.21. The van der Waals surface area contributed by atoms with Crippen molar-refractivity contribution in [2.24, 2.45) is 17.4 Å².